The molecule has 2 heterocycles. The van der Waals surface area contributed by atoms with Gasteiger partial charge in [-0.2, -0.15) is 0 Å². The monoisotopic (exact) mass is 483 g/mol. The number of rotatable bonds is 7. The van der Waals surface area contributed by atoms with Crippen LogP contribution in [0.25, 0.3) is 11.0 Å². The Bertz CT molecular complexity index is 779. The number of imidazole rings is 1. The highest BCUT2D eigenvalue weighted by Crippen LogP contribution is 2.11. The van der Waals surface area contributed by atoms with Gasteiger partial charge < -0.3 is 15.2 Å². The topological polar surface area (TPSA) is 56.3 Å². The molecule has 0 aliphatic carbocycles. The predicted molar refractivity (Wildman–Crippen MR) is 122 cm³/mol. The van der Waals surface area contributed by atoms with Crippen molar-refractivity contribution in [3.8, 4) is 0 Å². The summed E-state index contributed by atoms with van der Waals surface area (Å²) in [6, 6.07) is 12.4. The molecule has 140 valence electrons. The van der Waals surface area contributed by atoms with Gasteiger partial charge in [0.05, 0.1) is 11.0 Å². The second kappa shape index (κ2) is 10.5. The third-order valence-electron chi connectivity index (χ3n) is 4.16. The number of likely N-dealkylation sites (N-methyl/N-ethyl adjacent to an activating group) is 1. The maximum Gasteiger partial charge on any atom is 0.193 e. The molecule has 0 radical (unpaired) electrons. The number of aromatic amines is 1. The van der Waals surface area contributed by atoms with Gasteiger partial charge in [0.1, 0.15) is 5.82 Å². The molecule has 0 bridgehead atoms. The lowest BCUT2D eigenvalue weighted by molar-refractivity contribution is 0.485. The number of aryl methyl sites for hydroxylation is 1. The minimum Gasteiger partial charge on any atom is -0.356 e. The molecule has 0 saturated carbocycles. The maximum atomic E-state index is 4.62. The minimum atomic E-state index is 0. The van der Waals surface area contributed by atoms with E-state index >= 15 is 0 Å². The third-order valence-corrected chi connectivity index (χ3v) is 5.10. The Morgan fingerprint density at radius 1 is 1.23 bits per heavy atom. The van der Waals surface area contributed by atoms with E-state index in [2.05, 4.69) is 55.8 Å². The maximum absolute atomic E-state index is 4.62. The Hall–Kier alpha value is -1.61. The average molecular weight is 483 g/mol. The number of nitrogens with zero attached hydrogens (tertiary/aromatic N) is 3. The fraction of sp³-hybridized carbons (Fsp3) is 0.368. The lowest BCUT2D eigenvalue weighted by Gasteiger charge is -2.21. The summed E-state index contributed by atoms with van der Waals surface area (Å²) in [6.07, 6.45) is 2.99. The van der Waals surface area contributed by atoms with E-state index in [0.29, 0.717) is 0 Å². The Morgan fingerprint density at radius 2 is 2.08 bits per heavy atom. The van der Waals surface area contributed by atoms with E-state index in [9.17, 15) is 0 Å². The predicted octanol–water partition coefficient (Wildman–Crippen LogP) is 3.92. The van der Waals surface area contributed by atoms with Crippen LogP contribution in [0.2, 0.25) is 0 Å². The highest BCUT2D eigenvalue weighted by Gasteiger charge is 2.06. The third kappa shape index (κ3) is 5.70. The number of halogens is 1. The number of nitrogens with one attached hydrogen (secondary N) is 2. The largest absolute Gasteiger partial charge is 0.356 e. The van der Waals surface area contributed by atoms with Crippen molar-refractivity contribution in [2.45, 2.75) is 19.3 Å². The van der Waals surface area contributed by atoms with Crippen molar-refractivity contribution in [3.05, 3.63) is 52.5 Å². The number of aliphatic imine (C=N–C) groups is 1. The highest BCUT2D eigenvalue weighted by molar-refractivity contribution is 14.0. The molecular weight excluding hydrogens is 457 g/mol. The molecule has 0 amide bonds. The molecule has 26 heavy (non-hydrogen) atoms. The molecule has 2 aromatic heterocycles. The van der Waals surface area contributed by atoms with Crippen LogP contribution in [0.3, 0.4) is 0 Å². The average Bonchev–Trinajstić information content (AvgIpc) is 3.28. The van der Waals surface area contributed by atoms with Gasteiger partial charge >= 0.3 is 0 Å². The first-order valence-corrected chi connectivity index (χ1v) is 9.52. The summed E-state index contributed by atoms with van der Waals surface area (Å²) >= 11 is 1.81. The van der Waals surface area contributed by atoms with Crippen LogP contribution in [0.15, 0.2) is 46.8 Å². The van der Waals surface area contributed by atoms with Crippen molar-refractivity contribution >= 4 is 52.3 Å². The van der Waals surface area contributed by atoms with Gasteiger partial charge in [0.2, 0.25) is 0 Å². The summed E-state index contributed by atoms with van der Waals surface area (Å²) in [4.78, 5) is 16.0. The van der Waals surface area contributed by atoms with Gasteiger partial charge in [-0.05, 0) is 36.4 Å². The van der Waals surface area contributed by atoms with Crippen molar-refractivity contribution in [1.29, 1.82) is 0 Å². The number of hydrogen-bond donors (Lipinski definition) is 2. The van der Waals surface area contributed by atoms with Gasteiger partial charge in [0, 0.05) is 38.5 Å². The molecule has 5 nitrogen and oxygen atoms in total. The Labute approximate surface area is 176 Å². The molecule has 3 rings (SSSR count). The summed E-state index contributed by atoms with van der Waals surface area (Å²) in [7, 11) is 3.92. The van der Waals surface area contributed by atoms with Crippen molar-refractivity contribution in [2.24, 2.45) is 4.99 Å². The Morgan fingerprint density at radius 3 is 2.81 bits per heavy atom. The first-order chi connectivity index (χ1) is 12.3. The number of hydrogen-bond acceptors (Lipinski definition) is 3. The highest BCUT2D eigenvalue weighted by atomic mass is 127. The molecular formula is C19H26IN5S. The molecule has 1 aromatic carbocycles. The van der Waals surface area contributed by atoms with Crippen LogP contribution in [0.4, 0.5) is 0 Å². The van der Waals surface area contributed by atoms with Gasteiger partial charge in [0.15, 0.2) is 5.96 Å². The van der Waals surface area contributed by atoms with E-state index in [-0.39, 0.29) is 24.0 Å². The van der Waals surface area contributed by atoms with Crippen LogP contribution in [-0.2, 0) is 12.8 Å². The van der Waals surface area contributed by atoms with Gasteiger partial charge in [0.25, 0.3) is 0 Å². The zero-order chi connectivity index (χ0) is 17.5. The number of benzene rings is 1. The first-order valence-electron chi connectivity index (χ1n) is 8.64. The van der Waals surface area contributed by atoms with E-state index < -0.39 is 0 Å². The van der Waals surface area contributed by atoms with Crippen LogP contribution in [0, 0.1) is 0 Å². The lowest BCUT2D eigenvalue weighted by atomic mass is 10.3. The van der Waals surface area contributed by atoms with E-state index in [1.807, 2.05) is 36.6 Å². The minimum absolute atomic E-state index is 0. The second-order valence-electron chi connectivity index (χ2n) is 6.03. The molecule has 0 aliphatic rings. The summed E-state index contributed by atoms with van der Waals surface area (Å²) in [5, 5.41) is 5.57. The summed E-state index contributed by atoms with van der Waals surface area (Å²) in [5.41, 5.74) is 2.14. The fourth-order valence-corrected chi connectivity index (χ4v) is 3.50. The van der Waals surface area contributed by atoms with E-state index in [4.69, 9.17) is 0 Å². The SMILES string of the molecule is CN=C(NCCCc1nc2ccccc2[nH]1)N(C)CCc1cccs1.I. The molecule has 7 heteroatoms. The molecule has 0 atom stereocenters. The lowest BCUT2D eigenvalue weighted by Crippen LogP contribution is -2.40. The summed E-state index contributed by atoms with van der Waals surface area (Å²) < 4.78 is 0. The fourth-order valence-electron chi connectivity index (χ4n) is 2.80. The quantitative estimate of drug-likeness (QED) is 0.232. The normalized spacial score (nSPS) is 11.4. The van der Waals surface area contributed by atoms with E-state index in [1.54, 1.807) is 0 Å². The van der Waals surface area contributed by atoms with Crippen molar-refractivity contribution < 1.29 is 0 Å². The van der Waals surface area contributed by atoms with Gasteiger partial charge in [-0.25, -0.2) is 4.98 Å². The second-order valence-corrected chi connectivity index (χ2v) is 7.06. The van der Waals surface area contributed by atoms with E-state index in [0.717, 1.165) is 55.2 Å². The summed E-state index contributed by atoms with van der Waals surface area (Å²) in [6.45, 7) is 1.84. The van der Waals surface area contributed by atoms with Crippen molar-refractivity contribution in [1.82, 2.24) is 20.2 Å². The van der Waals surface area contributed by atoms with Gasteiger partial charge in [-0.15, -0.1) is 35.3 Å². The van der Waals surface area contributed by atoms with Crippen molar-refractivity contribution in [2.75, 3.05) is 27.2 Å². The Kier molecular flexibility index (Phi) is 8.37. The summed E-state index contributed by atoms with van der Waals surface area (Å²) in [5.74, 6) is 1.99. The van der Waals surface area contributed by atoms with Crippen LogP contribution in [0.1, 0.15) is 17.1 Å². The Balaban J connectivity index is 0.00000243. The van der Waals surface area contributed by atoms with Gasteiger partial charge in [-0.3, -0.25) is 4.99 Å². The van der Waals surface area contributed by atoms with Crippen molar-refractivity contribution in [3.63, 3.8) is 0 Å². The number of fused-ring (bicyclic) bond motifs is 1. The molecule has 0 unspecified atom stereocenters. The first kappa shape index (κ1) is 20.7. The molecule has 0 saturated heterocycles. The zero-order valence-corrected chi connectivity index (χ0v) is 18.4. The number of thiophene rings is 1. The van der Waals surface area contributed by atoms with E-state index in [1.165, 1.54) is 4.88 Å². The number of aromatic nitrogens is 2. The number of H-pyrrole nitrogens is 1. The van der Waals surface area contributed by atoms with Crippen LogP contribution in [0.5, 0.6) is 0 Å². The number of guanidine groups is 1. The standard InChI is InChI=1S/C19H25N5S.HI/c1-20-19(24(2)13-11-15-7-6-14-25-15)21-12-5-10-18-22-16-8-3-4-9-17(16)23-18;/h3-4,6-9,14H,5,10-13H2,1-2H3,(H,20,21)(H,22,23);1H. The van der Waals surface area contributed by atoms with Gasteiger partial charge in [-0.1, -0.05) is 18.2 Å². The smallest absolute Gasteiger partial charge is 0.193 e. The molecule has 0 fully saturated rings. The van der Waals surface area contributed by atoms with Crippen LogP contribution >= 0.6 is 35.3 Å². The zero-order valence-electron chi connectivity index (χ0n) is 15.2. The molecule has 0 aliphatic heterocycles. The molecule has 0 spiro atoms. The number of para-hydroxylation sites is 2. The van der Waals surface area contributed by atoms with Crippen LogP contribution in [-0.4, -0.2) is 48.0 Å². The molecule has 3 aromatic rings. The van der Waals surface area contributed by atoms with Crippen LogP contribution < -0.4 is 5.32 Å². The molecule has 2 N–H and O–H groups in total.